The summed E-state index contributed by atoms with van der Waals surface area (Å²) in [5.74, 6) is 1.48. The molecule has 1 saturated carbocycles. The number of hydrogen-bond acceptors (Lipinski definition) is 2. The van der Waals surface area contributed by atoms with Gasteiger partial charge in [-0.2, -0.15) is 0 Å². The normalized spacial score (nSPS) is 15.6. The van der Waals surface area contributed by atoms with Gasteiger partial charge in [0, 0.05) is 17.1 Å². The molecule has 86 valence electrons. The van der Waals surface area contributed by atoms with Crippen LogP contribution < -0.4 is 5.32 Å². The van der Waals surface area contributed by atoms with Crippen molar-refractivity contribution in [2.24, 2.45) is 5.92 Å². The minimum Gasteiger partial charge on any atom is -0.311 e. The molecule has 0 saturated heterocycles. The molecular formula is C12H15BrN2O. The molecule has 1 N–H and O–H groups in total. The van der Waals surface area contributed by atoms with Crippen LogP contribution >= 0.6 is 15.9 Å². The molecule has 2 rings (SSSR count). The minimum atomic E-state index is 0.0710. The number of halogens is 1. The lowest BCUT2D eigenvalue weighted by Gasteiger charge is -2.24. The number of rotatable bonds is 4. The number of carbonyl (C=O) groups excluding carboxylic acids is 1. The molecule has 0 bridgehead atoms. The molecule has 0 spiro atoms. The van der Waals surface area contributed by atoms with Crippen molar-refractivity contribution in [2.75, 3.05) is 5.32 Å². The molecule has 0 atom stereocenters. The first kappa shape index (κ1) is 11.6. The summed E-state index contributed by atoms with van der Waals surface area (Å²) in [6.45, 7) is 0. The Morgan fingerprint density at radius 2 is 2.31 bits per heavy atom. The van der Waals surface area contributed by atoms with Crippen LogP contribution in [0.2, 0.25) is 0 Å². The maximum atomic E-state index is 11.6. The molecular weight excluding hydrogens is 268 g/mol. The maximum absolute atomic E-state index is 11.6. The smallest absolute Gasteiger partial charge is 0.225 e. The van der Waals surface area contributed by atoms with Crippen molar-refractivity contribution in [3.05, 3.63) is 22.8 Å². The molecule has 0 radical (unpaired) electrons. The van der Waals surface area contributed by atoms with E-state index in [0.717, 1.165) is 16.8 Å². The number of anilines is 1. The van der Waals surface area contributed by atoms with Gasteiger partial charge >= 0.3 is 0 Å². The lowest BCUT2D eigenvalue weighted by molar-refractivity contribution is -0.116. The van der Waals surface area contributed by atoms with Gasteiger partial charge in [-0.3, -0.25) is 4.79 Å². The number of amides is 1. The second-order valence-electron chi connectivity index (χ2n) is 4.25. The topological polar surface area (TPSA) is 42.0 Å². The Hall–Kier alpha value is -0.900. The number of nitrogens with one attached hydrogen (secondary N) is 1. The van der Waals surface area contributed by atoms with Crippen molar-refractivity contribution in [3.63, 3.8) is 0 Å². The van der Waals surface area contributed by atoms with Crippen molar-refractivity contribution in [1.82, 2.24) is 4.98 Å². The molecule has 1 aromatic heterocycles. The first-order chi connectivity index (χ1) is 7.74. The molecule has 1 aliphatic rings. The average molecular weight is 283 g/mol. The highest BCUT2D eigenvalue weighted by Crippen LogP contribution is 2.30. The van der Waals surface area contributed by atoms with Crippen LogP contribution in [0.15, 0.2) is 22.8 Å². The Bertz CT molecular complexity index is 360. The molecule has 1 fully saturated rings. The van der Waals surface area contributed by atoms with Crippen LogP contribution in [0.4, 0.5) is 5.82 Å². The van der Waals surface area contributed by atoms with Crippen molar-refractivity contribution in [1.29, 1.82) is 0 Å². The summed E-state index contributed by atoms with van der Waals surface area (Å²) in [5.41, 5.74) is 0. The van der Waals surface area contributed by atoms with Crippen LogP contribution in [0.3, 0.4) is 0 Å². The summed E-state index contributed by atoms with van der Waals surface area (Å²) in [6, 6.07) is 3.67. The van der Waals surface area contributed by atoms with Crippen LogP contribution in [-0.4, -0.2) is 10.9 Å². The third kappa shape index (κ3) is 3.30. The van der Waals surface area contributed by atoms with E-state index in [1.54, 1.807) is 12.3 Å². The van der Waals surface area contributed by atoms with Gasteiger partial charge in [0.1, 0.15) is 5.82 Å². The Balaban J connectivity index is 1.75. The Morgan fingerprint density at radius 1 is 1.50 bits per heavy atom. The third-order valence-corrected chi connectivity index (χ3v) is 3.47. The van der Waals surface area contributed by atoms with Gasteiger partial charge < -0.3 is 5.32 Å². The Labute approximate surface area is 104 Å². The van der Waals surface area contributed by atoms with Crippen molar-refractivity contribution < 1.29 is 4.79 Å². The molecule has 4 heteroatoms. The third-order valence-electron chi connectivity index (χ3n) is 3.00. The number of aromatic nitrogens is 1. The lowest BCUT2D eigenvalue weighted by Crippen LogP contribution is -2.17. The molecule has 1 heterocycles. The molecule has 0 unspecified atom stereocenters. The van der Waals surface area contributed by atoms with Gasteiger partial charge in [-0.25, -0.2) is 4.98 Å². The van der Waals surface area contributed by atoms with E-state index < -0.39 is 0 Å². The van der Waals surface area contributed by atoms with Crippen LogP contribution in [-0.2, 0) is 4.79 Å². The molecule has 0 aromatic carbocycles. The fraction of sp³-hybridized carbons (Fsp3) is 0.500. The van der Waals surface area contributed by atoms with E-state index in [-0.39, 0.29) is 5.91 Å². The van der Waals surface area contributed by atoms with Gasteiger partial charge in [0.25, 0.3) is 0 Å². The van der Waals surface area contributed by atoms with E-state index in [1.165, 1.54) is 19.3 Å². The van der Waals surface area contributed by atoms with Crippen LogP contribution in [0, 0.1) is 5.92 Å². The number of pyridine rings is 1. The van der Waals surface area contributed by atoms with Gasteiger partial charge in [0.15, 0.2) is 0 Å². The fourth-order valence-corrected chi connectivity index (χ4v) is 2.01. The second-order valence-corrected chi connectivity index (χ2v) is 5.16. The zero-order valence-corrected chi connectivity index (χ0v) is 10.7. The van der Waals surface area contributed by atoms with E-state index in [4.69, 9.17) is 0 Å². The summed E-state index contributed by atoms with van der Waals surface area (Å²) in [6.07, 6.45) is 7.24. The highest BCUT2D eigenvalue weighted by atomic mass is 79.9. The van der Waals surface area contributed by atoms with E-state index in [0.29, 0.717) is 12.2 Å². The summed E-state index contributed by atoms with van der Waals surface area (Å²) in [4.78, 5) is 15.7. The highest BCUT2D eigenvalue weighted by Gasteiger charge is 2.18. The van der Waals surface area contributed by atoms with Crippen LogP contribution in [0.25, 0.3) is 0 Å². The Morgan fingerprint density at radius 3 is 2.88 bits per heavy atom. The van der Waals surface area contributed by atoms with Gasteiger partial charge in [-0.05, 0) is 40.4 Å². The van der Waals surface area contributed by atoms with E-state index >= 15 is 0 Å². The largest absolute Gasteiger partial charge is 0.311 e. The zero-order valence-electron chi connectivity index (χ0n) is 9.08. The predicted octanol–water partition coefficient (Wildman–Crippen LogP) is 3.36. The standard InChI is InChI=1S/C12H15BrN2O/c13-10-5-6-11(14-8-10)15-12(16)7-4-9-2-1-3-9/h5-6,8-9H,1-4,7H2,(H,14,15,16). The van der Waals surface area contributed by atoms with E-state index in [9.17, 15) is 4.79 Å². The molecule has 1 amide bonds. The summed E-state index contributed by atoms with van der Waals surface area (Å²) in [5, 5.41) is 2.80. The zero-order chi connectivity index (χ0) is 11.4. The SMILES string of the molecule is O=C(CCC1CCC1)Nc1ccc(Br)cn1. The Kier molecular flexibility index (Phi) is 3.93. The molecule has 3 nitrogen and oxygen atoms in total. The van der Waals surface area contributed by atoms with E-state index in [2.05, 4.69) is 26.2 Å². The average Bonchev–Trinajstić information content (AvgIpc) is 2.19. The van der Waals surface area contributed by atoms with Crippen molar-refractivity contribution in [2.45, 2.75) is 32.1 Å². The summed E-state index contributed by atoms with van der Waals surface area (Å²) in [7, 11) is 0. The first-order valence-electron chi connectivity index (χ1n) is 5.65. The second kappa shape index (κ2) is 5.43. The predicted molar refractivity (Wildman–Crippen MR) is 67.1 cm³/mol. The fourth-order valence-electron chi connectivity index (χ4n) is 1.77. The summed E-state index contributed by atoms with van der Waals surface area (Å²) < 4.78 is 0.917. The van der Waals surface area contributed by atoms with E-state index in [1.807, 2.05) is 6.07 Å². The van der Waals surface area contributed by atoms with Crippen molar-refractivity contribution >= 4 is 27.7 Å². The highest BCUT2D eigenvalue weighted by molar-refractivity contribution is 9.10. The van der Waals surface area contributed by atoms with Gasteiger partial charge in [0.2, 0.25) is 5.91 Å². The monoisotopic (exact) mass is 282 g/mol. The molecule has 1 aliphatic carbocycles. The van der Waals surface area contributed by atoms with Crippen LogP contribution in [0.1, 0.15) is 32.1 Å². The summed E-state index contributed by atoms with van der Waals surface area (Å²) >= 11 is 3.30. The number of carbonyl (C=O) groups is 1. The number of hydrogen-bond donors (Lipinski definition) is 1. The molecule has 0 aliphatic heterocycles. The van der Waals surface area contributed by atoms with Crippen LogP contribution in [0.5, 0.6) is 0 Å². The number of nitrogens with zero attached hydrogens (tertiary/aromatic N) is 1. The molecule has 16 heavy (non-hydrogen) atoms. The van der Waals surface area contributed by atoms with Crippen molar-refractivity contribution in [3.8, 4) is 0 Å². The quantitative estimate of drug-likeness (QED) is 0.920. The molecule has 1 aromatic rings. The first-order valence-corrected chi connectivity index (χ1v) is 6.45. The van der Waals surface area contributed by atoms with Gasteiger partial charge in [-0.1, -0.05) is 19.3 Å². The van der Waals surface area contributed by atoms with Gasteiger partial charge in [-0.15, -0.1) is 0 Å². The minimum absolute atomic E-state index is 0.0710. The maximum Gasteiger partial charge on any atom is 0.225 e. The van der Waals surface area contributed by atoms with Gasteiger partial charge in [0.05, 0.1) is 0 Å². The lowest BCUT2D eigenvalue weighted by atomic mass is 9.82.